The number of amides is 1. The number of ether oxygens (including phenoxy) is 2. The van der Waals surface area contributed by atoms with E-state index in [2.05, 4.69) is 43.5 Å². The van der Waals surface area contributed by atoms with E-state index in [1.165, 1.54) is 103 Å². The molecule has 1 aliphatic rings. The summed E-state index contributed by atoms with van der Waals surface area (Å²) < 4.78 is 11.1. The zero-order chi connectivity index (χ0) is 43.4. The molecule has 1 fully saturated rings. The zero-order valence-corrected chi connectivity index (χ0v) is 37.5. The van der Waals surface area contributed by atoms with Crippen LogP contribution in [0.4, 0.5) is 0 Å². The summed E-state index contributed by atoms with van der Waals surface area (Å²) in [5, 5.41) is 75.6. The Morgan fingerprint density at radius 3 is 1.51 bits per heavy atom. The van der Waals surface area contributed by atoms with Crippen LogP contribution < -0.4 is 5.32 Å². The normalized spacial score (nSPS) is 21.9. The molecule has 0 saturated carbocycles. The molecule has 0 bridgehead atoms. The lowest BCUT2D eigenvalue weighted by Crippen LogP contribution is -2.60. The quantitative estimate of drug-likeness (QED) is 0.0221. The summed E-state index contributed by atoms with van der Waals surface area (Å²) in [5.41, 5.74) is 0. The molecule has 9 unspecified atom stereocenters. The van der Waals surface area contributed by atoms with Crippen LogP contribution in [-0.2, 0) is 14.3 Å². The van der Waals surface area contributed by atoms with Crippen LogP contribution in [0.5, 0.6) is 0 Å². The van der Waals surface area contributed by atoms with Crippen molar-refractivity contribution in [1.82, 2.24) is 5.32 Å². The average molecular weight is 842 g/mol. The van der Waals surface area contributed by atoms with E-state index in [0.29, 0.717) is 19.3 Å². The molecular weight excluding hydrogens is 751 g/mol. The van der Waals surface area contributed by atoms with Gasteiger partial charge in [-0.2, -0.15) is 0 Å². The Kier molecular flexibility index (Phi) is 36.1. The van der Waals surface area contributed by atoms with Crippen molar-refractivity contribution in [1.29, 1.82) is 0 Å². The van der Waals surface area contributed by atoms with Crippen molar-refractivity contribution in [3.63, 3.8) is 0 Å². The number of nitrogens with one attached hydrogen (secondary N) is 1. The van der Waals surface area contributed by atoms with Crippen LogP contribution in [0, 0.1) is 0 Å². The molecule has 0 aromatic carbocycles. The average Bonchev–Trinajstić information content (AvgIpc) is 3.23. The first-order chi connectivity index (χ1) is 28.7. The predicted octanol–water partition coefficient (Wildman–Crippen LogP) is 8.23. The number of unbranched alkanes of at least 4 members (excludes halogenated alkanes) is 24. The molecule has 0 spiro atoms. The van der Waals surface area contributed by atoms with Gasteiger partial charge in [0.1, 0.15) is 36.6 Å². The van der Waals surface area contributed by atoms with E-state index in [1.807, 2.05) is 0 Å². The Morgan fingerprint density at radius 2 is 1.03 bits per heavy atom. The molecule has 1 rings (SSSR count). The zero-order valence-electron chi connectivity index (χ0n) is 37.5. The molecular formula is C48H91NO10. The van der Waals surface area contributed by atoms with Gasteiger partial charge in [0.15, 0.2) is 6.29 Å². The first-order valence-electron chi connectivity index (χ1n) is 24.2. The van der Waals surface area contributed by atoms with Gasteiger partial charge in [0, 0.05) is 0 Å². The van der Waals surface area contributed by atoms with Gasteiger partial charge in [-0.3, -0.25) is 4.79 Å². The fourth-order valence-electron chi connectivity index (χ4n) is 7.71. The molecule has 0 aromatic heterocycles. The standard InChI is InChI=1S/C48H91NO10/c1-3-5-7-9-11-13-15-16-17-18-19-20-21-22-23-24-25-26-28-30-32-34-36-41(52)47(57)49-39(38-58-48-46(56)45(55)44(54)42(37-50)59-48)43(53)40(51)35-33-31-29-27-14-12-10-8-6-4-2/h19-20,22-23,39-46,48,50-56H,3-18,21,24-38H2,1-2H3,(H,49,57)/b20-19-,23-22-. The van der Waals surface area contributed by atoms with E-state index in [4.69, 9.17) is 9.47 Å². The van der Waals surface area contributed by atoms with Crippen molar-refractivity contribution in [2.45, 2.75) is 262 Å². The van der Waals surface area contributed by atoms with E-state index in [0.717, 1.165) is 64.2 Å². The third kappa shape index (κ3) is 28.0. The highest BCUT2D eigenvalue weighted by Gasteiger charge is 2.44. The molecule has 11 nitrogen and oxygen atoms in total. The molecule has 1 amide bonds. The van der Waals surface area contributed by atoms with Crippen molar-refractivity contribution in [3.05, 3.63) is 24.3 Å². The van der Waals surface area contributed by atoms with E-state index >= 15 is 0 Å². The number of allylic oxidation sites excluding steroid dienone is 4. The third-order valence-electron chi connectivity index (χ3n) is 11.8. The second kappa shape index (κ2) is 38.3. The fraction of sp³-hybridized carbons (Fsp3) is 0.896. The summed E-state index contributed by atoms with van der Waals surface area (Å²) in [6.07, 6.45) is 30.9. The van der Waals surface area contributed by atoms with E-state index in [9.17, 15) is 40.5 Å². The summed E-state index contributed by atoms with van der Waals surface area (Å²) in [4.78, 5) is 13.1. The number of aliphatic hydroxyl groups excluding tert-OH is 7. The molecule has 9 atom stereocenters. The van der Waals surface area contributed by atoms with Crippen LogP contribution in [0.15, 0.2) is 24.3 Å². The van der Waals surface area contributed by atoms with Crippen LogP contribution in [0.1, 0.15) is 206 Å². The maximum absolute atomic E-state index is 13.1. The molecule has 59 heavy (non-hydrogen) atoms. The van der Waals surface area contributed by atoms with Crippen LogP contribution in [0.25, 0.3) is 0 Å². The lowest BCUT2D eigenvalue weighted by molar-refractivity contribution is -0.303. The van der Waals surface area contributed by atoms with E-state index < -0.39 is 74.2 Å². The first kappa shape index (κ1) is 55.6. The molecule has 11 heteroatoms. The Bertz CT molecular complexity index is 1010. The second-order valence-electron chi connectivity index (χ2n) is 17.2. The lowest BCUT2D eigenvalue weighted by atomic mass is 9.98. The van der Waals surface area contributed by atoms with Crippen molar-refractivity contribution >= 4 is 5.91 Å². The molecule has 1 aliphatic heterocycles. The van der Waals surface area contributed by atoms with Gasteiger partial charge in [0.25, 0.3) is 0 Å². The minimum absolute atomic E-state index is 0.249. The van der Waals surface area contributed by atoms with Gasteiger partial charge in [-0.15, -0.1) is 0 Å². The summed E-state index contributed by atoms with van der Waals surface area (Å²) in [6, 6.07) is -1.17. The highest BCUT2D eigenvalue weighted by Crippen LogP contribution is 2.23. The van der Waals surface area contributed by atoms with Crippen molar-refractivity contribution in [3.8, 4) is 0 Å². The van der Waals surface area contributed by atoms with E-state index in [1.54, 1.807) is 0 Å². The second-order valence-corrected chi connectivity index (χ2v) is 17.2. The molecule has 348 valence electrons. The number of hydrogen-bond acceptors (Lipinski definition) is 10. The van der Waals surface area contributed by atoms with Gasteiger partial charge in [0.05, 0.1) is 25.4 Å². The Labute approximate surface area is 359 Å². The highest BCUT2D eigenvalue weighted by atomic mass is 16.7. The summed E-state index contributed by atoms with van der Waals surface area (Å²) in [6.45, 7) is 3.41. The van der Waals surface area contributed by atoms with Crippen LogP contribution in [-0.4, -0.2) is 110 Å². The van der Waals surface area contributed by atoms with Gasteiger partial charge < -0.3 is 50.5 Å². The summed E-state index contributed by atoms with van der Waals surface area (Å²) >= 11 is 0. The fourth-order valence-corrected chi connectivity index (χ4v) is 7.71. The lowest BCUT2D eigenvalue weighted by Gasteiger charge is -2.40. The summed E-state index contributed by atoms with van der Waals surface area (Å²) in [5.74, 6) is -0.706. The molecule has 0 aromatic rings. The Morgan fingerprint density at radius 1 is 0.593 bits per heavy atom. The largest absolute Gasteiger partial charge is 0.394 e. The van der Waals surface area contributed by atoms with E-state index in [-0.39, 0.29) is 6.42 Å². The van der Waals surface area contributed by atoms with Crippen LogP contribution in [0.3, 0.4) is 0 Å². The smallest absolute Gasteiger partial charge is 0.249 e. The van der Waals surface area contributed by atoms with Gasteiger partial charge >= 0.3 is 0 Å². The third-order valence-corrected chi connectivity index (χ3v) is 11.8. The predicted molar refractivity (Wildman–Crippen MR) is 238 cm³/mol. The molecule has 8 N–H and O–H groups in total. The minimum Gasteiger partial charge on any atom is -0.394 e. The van der Waals surface area contributed by atoms with Crippen LogP contribution in [0.2, 0.25) is 0 Å². The molecule has 0 radical (unpaired) electrons. The topological polar surface area (TPSA) is 189 Å². The molecule has 1 heterocycles. The van der Waals surface area contributed by atoms with Crippen molar-refractivity contribution in [2.24, 2.45) is 0 Å². The Hall–Kier alpha value is -1.41. The van der Waals surface area contributed by atoms with Crippen molar-refractivity contribution < 1.29 is 50.0 Å². The van der Waals surface area contributed by atoms with Gasteiger partial charge in [-0.1, -0.05) is 186 Å². The monoisotopic (exact) mass is 842 g/mol. The number of aliphatic hydroxyl groups is 7. The van der Waals surface area contributed by atoms with Gasteiger partial charge in [0.2, 0.25) is 5.91 Å². The highest BCUT2D eigenvalue weighted by molar-refractivity contribution is 5.80. The van der Waals surface area contributed by atoms with Gasteiger partial charge in [-0.05, 0) is 44.9 Å². The maximum atomic E-state index is 13.1. The minimum atomic E-state index is -1.66. The summed E-state index contributed by atoms with van der Waals surface area (Å²) in [7, 11) is 0. The number of carbonyl (C=O) groups excluding carboxylic acids is 1. The first-order valence-corrected chi connectivity index (χ1v) is 24.2. The number of carbonyl (C=O) groups is 1. The number of rotatable bonds is 40. The Balaban J connectivity index is 2.38. The van der Waals surface area contributed by atoms with Crippen LogP contribution >= 0.6 is 0 Å². The van der Waals surface area contributed by atoms with Gasteiger partial charge in [-0.25, -0.2) is 0 Å². The SMILES string of the molecule is CCCCCCCCCCC/C=C\C/C=C\CCCCCCCCC(O)C(=O)NC(COC1OC(CO)C(O)C(O)C1O)C(O)C(O)CCCCCCCCCCCC. The molecule has 1 saturated heterocycles. The molecule has 0 aliphatic carbocycles. The number of hydrogen-bond donors (Lipinski definition) is 8. The maximum Gasteiger partial charge on any atom is 0.249 e. The van der Waals surface area contributed by atoms with Crippen molar-refractivity contribution in [2.75, 3.05) is 13.2 Å².